The maximum atomic E-state index is 14.6. The van der Waals surface area contributed by atoms with Crippen molar-refractivity contribution < 1.29 is 48.3 Å². The second kappa shape index (κ2) is 10.2. The summed E-state index contributed by atoms with van der Waals surface area (Å²) >= 11 is 0. The molecule has 0 radical (unpaired) electrons. The first-order chi connectivity index (χ1) is 22.4. The van der Waals surface area contributed by atoms with Gasteiger partial charge in [0.05, 0.1) is 12.6 Å². The summed E-state index contributed by atoms with van der Waals surface area (Å²) in [7, 11) is 0. The van der Waals surface area contributed by atoms with E-state index in [9.17, 15) is 44.8 Å². The minimum atomic E-state index is -2.24. The van der Waals surface area contributed by atoms with Crippen molar-refractivity contribution in [1.29, 1.82) is 5.26 Å². The molecule has 1 aliphatic heterocycles. The summed E-state index contributed by atoms with van der Waals surface area (Å²) < 4.78 is 138. The van der Waals surface area contributed by atoms with E-state index in [-0.39, 0.29) is 17.2 Å². The van der Waals surface area contributed by atoms with Crippen LogP contribution in [0, 0.1) is 64.4 Å². The largest absolute Gasteiger partial charge is 0.430 e. The van der Waals surface area contributed by atoms with Crippen molar-refractivity contribution in [2.75, 3.05) is 0 Å². The van der Waals surface area contributed by atoms with E-state index < -0.39 is 115 Å². The molecule has 1 aliphatic carbocycles. The topological polar surface area (TPSA) is 143 Å². The number of allylic oxidation sites excluding steroid dienone is 2. The van der Waals surface area contributed by atoms with Crippen LogP contribution in [0.5, 0.6) is 0 Å². The van der Waals surface area contributed by atoms with Gasteiger partial charge >= 0.3 is 0 Å². The lowest BCUT2D eigenvalue weighted by atomic mass is 10.0. The molecular weight excluding hydrogens is 653 g/mol. The summed E-state index contributed by atoms with van der Waals surface area (Å²) in [6.07, 6.45) is 2.16. The van der Waals surface area contributed by atoms with E-state index in [1.54, 1.807) is 6.07 Å². The van der Waals surface area contributed by atoms with Gasteiger partial charge < -0.3 is 14.2 Å². The van der Waals surface area contributed by atoms with Gasteiger partial charge in [-0.1, -0.05) is 6.08 Å². The van der Waals surface area contributed by atoms with Crippen molar-refractivity contribution in [3.05, 3.63) is 93.3 Å². The first-order valence-corrected chi connectivity index (χ1v) is 12.4. The lowest BCUT2D eigenvalue weighted by Gasteiger charge is -2.13. The third-order valence-corrected chi connectivity index (χ3v) is 6.62. The Morgan fingerprint density at radius 2 is 1.26 bits per heavy atom. The van der Waals surface area contributed by atoms with Gasteiger partial charge in [0.2, 0.25) is 34.9 Å². The van der Waals surface area contributed by atoms with Crippen LogP contribution in [0.15, 0.2) is 43.3 Å². The van der Waals surface area contributed by atoms with Crippen LogP contribution in [-0.2, 0) is 0 Å². The molecule has 0 fully saturated rings. The van der Waals surface area contributed by atoms with Gasteiger partial charge in [-0.25, -0.2) is 60.5 Å². The summed E-state index contributed by atoms with van der Waals surface area (Å²) in [5.41, 5.74) is -5.74. The molecule has 0 amide bonds. The van der Waals surface area contributed by atoms with Crippen molar-refractivity contribution in [3.8, 4) is 29.5 Å². The van der Waals surface area contributed by atoms with Crippen LogP contribution in [0.4, 0.5) is 39.5 Å². The fourth-order valence-corrected chi connectivity index (χ4v) is 4.49. The molecule has 4 heterocycles. The first-order valence-electron chi connectivity index (χ1n) is 12.4. The molecule has 232 valence electrons. The molecule has 0 bridgehead atoms. The molecule has 1 atom stereocenters. The highest BCUT2D eigenvalue weighted by Crippen LogP contribution is 2.34. The highest BCUT2D eigenvalue weighted by Gasteiger charge is 2.33. The van der Waals surface area contributed by atoms with E-state index in [0.29, 0.717) is 0 Å². The zero-order valence-electron chi connectivity index (χ0n) is 22.0. The standard InChI is InChI=1S/C27H4F9N9O2/c1-38-5-2-7(28)17-8(3-5)39-22(40-17)6(4-37)23-43-24(26-41-18-13(33)9(29)11(31)15(35)20(18)46-26)45-25(44-23)27-42-19-14(34)10(30)12(32)16(36)21(19)47-27/h2-3,8,39H/b22-6+. The second-order valence-electron chi connectivity index (χ2n) is 9.36. The third-order valence-electron chi connectivity index (χ3n) is 6.62. The molecule has 20 heteroatoms. The van der Waals surface area contributed by atoms with E-state index in [1.165, 1.54) is 6.08 Å². The second-order valence-corrected chi connectivity index (χ2v) is 9.36. The predicted molar refractivity (Wildman–Crippen MR) is 136 cm³/mol. The summed E-state index contributed by atoms with van der Waals surface area (Å²) in [4.78, 5) is 25.9. The van der Waals surface area contributed by atoms with Gasteiger partial charge in [-0.05, 0) is 6.08 Å². The number of rotatable bonds is 3. The average molecular weight is 657 g/mol. The molecule has 7 rings (SSSR count). The molecule has 1 unspecified atom stereocenters. The Labute approximate surface area is 251 Å². The summed E-state index contributed by atoms with van der Waals surface area (Å²) in [6, 6.07) is 0.643. The van der Waals surface area contributed by atoms with E-state index >= 15 is 0 Å². The van der Waals surface area contributed by atoms with Crippen molar-refractivity contribution in [3.63, 3.8) is 0 Å². The molecule has 0 spiro atoms. The summed E-state index contributed by atoms with van der Waals surface area (Å²) in [5.74, 6) is -22.6. The Morgan fingerprint density at radius 1 is 0.745 bits per heavy atom. The zero-order chi connectivity index (χ0) is 33.5. The van der Waals surface area contributed by atoms with Gasteiger partial charge in [0, 0.05) is 0 Å². The molecule has 47 heavy (non-hydrogen) atoms. The van der Waals surface area contributed by atoms with E-state index in [0.717, 1.165) is 6.08 Å². The number of halogens is 9. The third kappa shape index (κ3) is 4.29. The molecule has 2 aromatic carbocycles. The van der Waals surface area contributed by atoms with Crippen molar-refractivity contribution in [2.45, 2.75) is 6.04 Å². The monoisotopic (exact) mass is 657 g/mol. The van der Waals surface area contributed by atoms with E-state index in [1.807, 2.05) is 0 Å². The number of benzene rings is 2. The molecule has 2 aliphatic rings. The Morgan fingerprint density at radius 3 is 1.74 bits per heavy atom. The number of oxazole rings is 2. The number of hydrogen-bond donors (Lipinski definition) is 1. The highest BCUT2D eigenvalue weighted by molar-refractivity contribution is 6.08. The van der Waals surface area contributed by atoms with Crippen LogP contribution in [0.2, 0.25) is 0 Å². The van der Waals surface area contributed by atoms with Crippen LogP contribution in [0.1, 0.15) is 5.82 Å². The zero-order valence-corrected chi connectivity index (χ0v) is 22.0. The number of nitriles is 1. The SMILES string of the molecule is [C-]#[N+]C1=CC2N/C(=C(/C#N)c3nc(-c4nc5c(F)c(F)c(F)c(F)c5o4)nc(-c4nc5c(F)c(F)c(F)c(F)c5o4)n3)N=C2C(F)=C1. The van der Waals surface area contributed by atoms with E-state index in [2.05, 4.69) is 40.1 Å². The Bertz CT molecular complexity index is 2280. The Kier molecular flexibility index (Phi) is 6.35. The molecule has 5 aromatic rings. The number of aromatic nitrogens is 5. The normalized spacial score (nSPS) is 16.7. The summed E-state index contributed by atoms with van der Waals surface area (Å²) in [5, 5.41) is 12.7. The molecule has 0 saturated heterocycles. The lowest BCUT2D eigenvalue weighted by molar-refractivity contribution is 0.410. The number of nitrogens with zero attached hydrogens (tertiary/aromatic N) is 8. The van der Waals surface area contributed by atoms with Gasteiger partial charge in [-0.15, -0.1) is 0 Å². The quantitative estimate of drug-likeness (QED) is 0.0828. The lowest BCUT2D eigenvalue weighted by Crippen LogP contribution is -2.30. The number of fused-ring (bicyclic) bond motifs is 3. The Balaban J connectivity index is 1.47. The van der Waals surface area contributed by atoms with Crippen LogP contribution in [0.3, 0.4) is 0 Å². The van der Waals surface area contributed by atoms with Crippen LogP contribution in [-0.4, -0.2) is 36.7 Å². The van der Waals surface area contributed by atoms with Crippen molar-refractivity contribution >= 4 is 33.5 Å². The predicted octanol–water partition coefficient (Wildman–Crippen LogP) is 5.88. The van der Waals surface area contributed by atoms with Gasteiger partial charge in [-0.2, -0.15) is 19.0 Å². The maximum Gasteiger partial charge on any atom is 0.266 e. The first kappa shape index (κ1) is 29.2. The van der Waals surface area contributed by atoms with Gasteiger partial charge in [-0.3, -0.25) is 0 Å². The number of aliphatic imine (C=N–C) groups is 1. The molecule has 11 nitrogen and oxygen atoms in total. The minimum absolute atomic E-state index is 0.102. The van der Waals surface area contributed by atoms with Crippen molar-refractivity contribution in [1.82, 2.24) is 30.2 Å². The van der Waals surface area contributed by atoms with Crippen LogP contribution < -0.4 is 5.32 Å². The molecular formula is C27H4F9N9O2. The minimum Gasteiger partial charge on any atom is -0.430 e. The van der Waals surface area contributed by atoms with E-state index in [4.69, 9.17) is 15.4 Å². The number of hydrogen-bond acceptors (Lipinski definition) is 10. The van der Waals surface area contributed by atoms with Crippen LogP contribution >= 0.6 is 0 Å². The van der Waals surface area contributed by atoms with Gasteiger partial charge in [0.25, 0.3) is 11.8 Å². The maximum absolute atomic E-state index is 14.6. The van der Waals surface area contributed by atoms with Crippen LogP contribution in [0.25, 0.3) is 56.0 Å². The van der Waals surface area contributed by atoms with Crippen molar-refractivity contribution in [2.24, 2.45) is 4.99 Å². The fraction of sp³-hybridized carbons (Fsp3) is 0.0370. The number of nitrogens with one attached hydrogen (secondary N) is 1. The fourth-order valence-electron chi connectivity index (χ4n) is 4.49. The summed E-state index contributed by atoms with van der Waals surface area (Å²) in [6.45, 7) is 7.11. The van der Waals surface area contributed by atoms with Gasteiger partial charge in [0.15, 0.2) is 57.0 Å². The smallest absolute Gasteiger partial charge is 0.266 e. The van der Waals surface area contributed by atoms with Gasteiger partial charge in [0.1, 0.15) is 29.0 Å². The molecule has 1 N–H and O–H groups in total. The highest BCUT2D eigenvalue weighted by atomic mass is 19.2. The molecule has 3 aromatic heterocycles. The average Bonchev–Trinajstić information content (AvgIpc) is 3.82. The Hall–Kier alpha value is -6.57. The molecule has 0 saturated carbocycles.